The first kappa shape index (κ1) is 21.6. The molecule has 6 heteroatoms. The Morgan fingerprint density at radius 1 is 1.00 bits per heavy atom. The number of carbonyl (C=O) groups is 1. The molecule has 0 aliphatic heterocycles. The van der Waals surface area contributed by atoms with Crippen molar-refractivity contribution in [1.29, 1.82) is 0 Å². The van der Waals surface area contributed by atoms with Gasteiger partial charge in [-0.25, -0.2) is 9.78 Å². The van der Waals surface area contributed by atoms with Crippen LogP contribution in [0.3, 0.4) is 0 Å². The topological polar surface area (TPSA) is 85.4 Å². The van der Waals surface area contributed by atoms with Gasteiger partial charge < -0.3 is 15.6 Å². The summed E-state index contributed by atoms with van der Waals surface area (Å²) in [6.45, 7) is 2.47. The van der Waals surface area contributed by atoms with Crippen LogP contribution in [0.2, 0.25) is 5.02 Å². The van der Waals surface area contributed by atoms with E-state index in [1.54, 1.807) is 30.3 Å². The summed E-state index contributed by atoms with van der Waals surface area (Å²) in [5.74, 6) is -0.0637. The second-order valence-corrected chi connectivity index (χ2v) is 7.83. The fourth-order valence-corrected chi connectivity index (χ4v) is 3.68. The van der Waals surface area contributed by atoms with E-state index >= 15 is 0 Å². The smallest absolute Gasteiger partial charge is 0.336 e. The highest BCUT2D eigenvalue weighted by atomic mass is 35.5. The maximum Gasteiger partial charge on any atom is 0.336 e. The molecule has 4 rings (SSSR count). The number of hydrogen-bond acceptors (Lipinski definition) is 4. The summed E-state index contributed by atoms with van der Waals surface area (Å²) in [6, 6.07) is 23.8. The lowest BCUT2D eigenvalue weighted by molar-refractivity contribution is 0.0697. The zero-order chi connectivity index (χ0) is 22.7. The second kappa shape index (κ2) is 9.22. The molecule has 0 aliphatic carbocycles. The zero-order valence-electron chi connectivity index (χ0n) is 17.4. The Morgan fingerprint density at radius 2 is 1.81 bits per heavy atom. The van der Waals surface area contributed by atoms with E-state index in [1.165, 1.54) is 6.07 Å². The Balaban J connectivity index is 1.69. The number of halogens is 1. The Hall–Kier alpha value is -3.67. The van der Waals surface area contributed by atoms with E-state index in [4.69, 9.17) is 22.1 Å². The van der Waals surface area contributed by atoms with Crippen LogP contribution in [0.4, 0.5) is 0 Å². The molecule has 0 saturated heterocycles. The zero-order valence-corrected chi connectivity index (χ0v) is 18.1. The molecular weight excluding hydrogens is 424 g/mol. The highest BCUT2D eigenvalue weighted by molar-refractivity contribution is 6.31. The molecule has 3 N–H and O–H groups in total. The number of rotatable bonds is 6. The average Bonchev–Trinajstić information content (AvgIpc) is 2.78. The molecule has 0 aliphatic rings. The van der Waals surface area contributed by atoms with Crippen molar-refractivity contribution < 1.29 is 14.6 Å². The van der Waals surface area contributed by atoms with Crippen LogP contribution in [-0.4, -0.2) is 16.1 Å². The van der Waals surface area contributed by atoms with E-state index in [0.717, 1.165) is 22.3 Å². The van der Waals surface area contributed by atoms with Crippen molar-refractivity contribution in [3.63, 3.8) is 0 Å². The van der Waals surface area contributed by atoms with Crippen LogP contribution in [-0.2, 0) is 6.54 Å². The maximum atomic E-state index is 11.6. The van der Waals surface area contributed by atoms with Crippen molar-refractivity contribution >= 4 is 17.6 Å². The van der Waals surface area contributed by atoms with Gasteiger partial charge in [0.05, 0.1) is 11.3 Å². The van der Waals surface area contributed by atoms with E-state index < -0.39 is 5.97 Å². The summed E-state index contributed by atoms with van der Waals surface area (Å²) in [5.41, 5.74) is 10.9. The van der Waals surface area contributed by atoms with Gasteiger partial charge in [-0.2, -0.15) is 0 Å². The summed E-state index contributed by atoms with van der Waals surface area (Å²) in [5, 5.41) is 9.95. The quantitative estimate of drug-likeness (QED) is 0.363. The number of carboxylic acids is 1. The van der Waals surface area contributed by atoms with Gasteiger partial charge >= 0.3 is 5.97 Å². The second-order valence-electron chi connectivity index (χ2n) is 7.40. The molecule has 160 valence electrons. The van der Waals surface area contributed by atoms with Gasteiger partial charge in [0.25, 0.3) is 0 Å². The van der Waals surface area contributed by atoms with Gasteiger partial charge in [0.1, 0.15) is 5.75 Å². The number of nitrogens with two attached hydrogens (primary N) is 1. The molecule has 3 aromatic carbocycles. The van der Waals surface area contributed by atoms with Crippen LogP contribution < -0.4 is 10.5 Å². The van der Waals surface area contributed by atoms with Crippen LogP contribution in [0.15, 0.2) is 78.9 Å². The average molecular weight is 445 g/mol. The Kier molecular flexibility index (Phi) is 6.21. The molecule has 0 radical (unpaired) electrons. The highest BCUT2D eigenvalue weighted by Gasteiger charge is 2.14. The summed E-state index contributed by atoms with van der Waals surface area (Å²) < 4.78 is 6.05. The lowest BCUT2D eigenvalue weighted by Gasteiger charge is -2.12. The molecule has 0 atom stereocenters. The van der Waals surface area contributed by atoms with Gasteiger partial charge in [0.15, 0.2) is 0 Å². The predicted molar refractivity (Wildman–Crippen MR) is 126 cm³/mol. The van der Waals surface area contributed by atoms with E-state index in [2.05, 4.69) is 17.1 Å². The van der Waals surface area contributed by atoms with E-state index in [0.29, 0.717) is 34.5 Å². The summed E-state index contributed by atoms with van der Waals surface area (Å²) >= 11 is 6.10. The minimum absolute atomic E-state index is 0.122. The highest BCUT2D eigenvalue weighted by Crippen LogP contribution is 2.31. The third-order valence-electron chi connectivity index (χ3n) is 4.98. The number of carboxylic acid groups (broad SMARTS) is 1. The fraction of sp³-hybridized carbons (Fsp3) is 0.0769. The maximum absolute atomic E-state index is 11.6. The van der Waals surface area contributed by atoms with Gasteiger partial charge in [-0.1, -0.05) is 41.9 Å². The fourth-order valence-electron chi connectivity index (χ4n) is 3.51. The van der Waals surface area contributed by atoms with Crippen molar-refractivity contribution in [1.82, 2.24) is 4.98 Å². The molecule has 0 amide bonds. The molecule has 0 fully saturated rings. The number of aryl methyl sites for hydroxylation is 1. The van der Waals surface area contributed by atoms with Crippen LogP contribution in [0.5, 0.6) is 11.6 Å². The Morgan fingerprint density at radius 3 is 2.59 bits per heavy atom. The SMILES string of the molecule is Cc1cc(Oc2cccc(-c3cc(Cl)ccc3C(=O)O)n2)cc(-c2cccc(CN)c2)c1. The molecular formula is C26H21ClN2O3. The molecule has 0 spiro atoms. The molecule has 0 saturated carbocycles. The minimum Gasteiger partial charge on any atom is -0.478 e. The van der Waals surface area contributed by atoms with Gasteiger partial charge in [0.2, 0.25) is 5.88 Å². The Bertz CT molecular complexity index is 1300. The molecule has 0 unspecified atom stereocenters. The monoisotopic (exact) mass is 444 g/mol. The van der Waals surface area contributed by atoms with Crippen LogP contribution in [0, 0.1) is 6.92 Å². The van der Waals surface area contributed by atoms with E-state index in [-0.39, 0.29) is 5.56 Å². The first-order valence-electron chi connectivity index (χ1n) is 10.0. The van der Waals surface area contributed by atoms with Crippen molar-refractivity contribution in [2.75, 3.05) is 0 Å². The number of pyridine rings is 1. The third kappa shape index (κ3) is 4.80. The summed E-state index contributed by atoms with van der Waals surface area (Å²) in [4.78, 5) is 16.1. The first-order valence-corrected chi connectivity index (χ1v) is 10.4. The lowest BCUT2D eigenvalue weighted by Crippen LogP contribution is -2.00. The lowest BCUT2D eigenvalue weighted by atomic mass is 10.0. The van der Waals surface area contributed by atoms with Gasteiger partial charge in [0, 0.05) is 23.2 Å². The Labute approximate surface area is 191 Å². The number of aromatic carboxylic acids is 1. The molecule has 32 heavy (non-hydrogen) atoms. The third-order valence-corrected chi connectivity index (χ3v) is 5.22. The first-order chi connectivity index (χ1) is 15.4. The van der Waals surface area contributed by atoms with E-state index in [9.17, 15) is 9.90 Å². The number of hydrogen-bond donors (Lipinski definition) is 2. The summed E-state index contributed by atoms with van der Waals surface area (Å²) in [6.07, 6.45) is 0. The van der Waals surface area contributed by atoms with Gasteiger partial charge in [-0.15, -0.1) is 0 Å². The molecule has 5 nitrogen and oxygen atoms in total. The minimum atomic E-state index is -1.05. The molecule has 4 aromatic rings. The van der Waals surface area contributed by atoms with Crippen LogP contribution >= 0.6 is 11.6 Å². The molecule has 1 aromatic heterocycles. The number of benzene rings is 3. The number of aromatic nitrogens is 1. The van der Waals surface area contributed by atoms with Crippen molar-refractivity contribution in [3.8, 4) is 34.0 Å². The predicted octanol–water partition coefficient (Wildman–Crippen LogP) is 6.33. The number of ether oxygens (including phenoxy) is 1. The van der Waals surface area contributed by atoms with Crippen molar-refractivity contribution in [2.45, 2.75) is 13.5 Å². The largest absolute Gasteiger partial charge is 0.478 e. The standard InChI is InChI=1S/C26H21ClN2O3/c1-16-10-19(18-5-2-4-17(12-18)15-28)13-21(11-16)32-25-7-3-6-24(29-25)23-14-20(27)8-9-22(23)26(30)31/h2-14H,15,28H2,1H3,(H,30,31). The molecule has 0 bridgehead atoms. The van der Waals surface area contributed by atoms with Gasteiger partial charge in [-0.05, 0) is 71.6 Å². The normalized spacial score (nSPS) is 10.7. The summed E-state index contributed by atoms with van der Waals surface area (Å²) in [7, 11) is 0. The van der Waals surface area contributed by atoms with Crippen LogP contribution in [0.1, 0.15) is 21.5 Å². The number of nitrogens with zero attached hydrogens (tertiary/aromatic N) is 1. The van der Waals surface area contributed by atoms with Crippen molar-refractivity contribution in [3.05, 3.63) is 101 Å². The van der Waals surface area contributed by atoms with E-state index in [1.807, 2.05) is 37.3 Å². The van der Waals surface area contributed by atoms with Crippen LogP contribution in [0.25, 0.3) is 22.4 Å². The molecule has 1 heterocycles. The van der Waals surface area contributed by atoms with Gasteiger partial charge in [-0.3, -0.25) is 0 Å². The van der Waals surface area contributed by atoms with Crippen molar-refractivity contribution in [2.24, 2.45) is 5.73 Å².